The minimum atomic E-state index is -2.25. The van der Waals surface area contributed by atoms with E-state index in [1.807, 2.05) is 0 Å². The molecule has 0 fully saturated rings. The molecule has 1 N–H and O–H groups in total. The summed E-state index contributed by atoms with van der Waals surface area (Å²) in [6.07, 6.45) is 5.80. The summed E-state index contributed by atoms with van der Waals surface area (Å²) < 4.78 is 7.15. The minimum absolute atomic E-state index is 0.204. The average Bonchev–Trinajstić information content (AvgIpc) is 3.29. The van der Waals surface area contributed by atoms with Gasteiger partial charge in [-0.15, -0.1) is 0 Å². The molecule has 0 amide bonds. The van der Waals surface area contributed by atoms with Gasteiger partial charge in [0.05, 0.1) is 6.04 Å². The van der Waals surface area contributed by atoms with E-state index in [4.69, 9.17) is 4.43 Å². The van der Waals surface area contributed by atoms with Crippen molar-refractivity contribution in [3.63, 3.8) is 0 Å². The molecule has 2 nitrogen and oxygen atoms in total. The van der Waals surface area contributed by atoms with Gasteiger partial charge in [0.25, 0.3) is 8.32 Å². The Bertz CT molecular complexity index is 1390. The number of hydrogen-bond donors (Lipinski definition) is 1. The number of allylic oxidation sites excluding steroid dienone is 1. The van der Waals surface area contributed by atoms with Crippen LogP contribution in [0.15, 0.2) is 109 Å². The van der Waals surface area contributed by atoms with Crippen LogP contribution in [0.3, 0.4) is 0 Å². The standard InChI is InChI=1S/C35H39NOSi/c1-5-6-23-33(36-28-18-11-8-12-19-28)31-20-13-14-24-34(31)37-38(3,4)35-26(2)25-32-29(21-15-22-30(32)35)27-16-9-7-10-17-27/h7-22,24-25,33,35-36H,5-6,23H2,1-4H3. The molecule has 38 heavy (non-hydrogen) atoms. The molecule has 0 spiro atoms. The number of nitrogens with one attached hydrogen (secondary N) is 1. The fourth-order valence-electron chi connectivity index (χ4n) is 6.00. The first-order valence-electron chi connectivity index (χ1n) is 13.9. The summed E-state index contributed by atoms with van der Waals surface area (Å²) in [7, 11) is -2.25. The van der Waals surface area contributed by atoms with E-state index < -0.39 is 8.32 Å². The molecule has 1 aliphatic carbocycles. The molecule has 4 aromatic carbocycles. The minimum Gasteiger partial charge on any atom is -0.543 e. The molecule has 0 bridgehead atoms. The number of para-hydroxylation sites is 2. The first kappa shape index (κ1) is 26.1. The third-order valence-corrected chi connectivity index (χ3v) is 10.6. The van der Waals surface area contributed by atoms with Crippen LogP contribution in [0, 0.1) is 0 Å². The van der Waals surface area contributed by atoms with Crippen LogP contribution in [0.1, 0.15) is 61.4 Å². The normalized spacial score (nSPS) is 15.5. The van der Waals surface area contributed by atoms with Crippen LogP contribution in [0.4, 0.5) is 5.69 Å². The van der Waals surface area contributed by atoms with Crippen molar-refractivity contribution in [1.82, 2.24) is 0 Å². The number of hydrogen-bond acceptors (Lipinski definition) is 2. The first-order valence-corrected chi connectivity index (χ1v) is 16.9. The Morgan fingerprint density at radius 2 is 1.50 bits per heavy atom. The Balaban J connectivity index is 1.47. The lowest BCUT2D eigenvalue weighted by Crippen LogP contribution is -2.42. The van der Waals surface area contributed by atoms with Crippen LogP contribution in [-0.4, -0.2) is 8.32 Å². The highest BCUT2D eigenvalue weighted by atomic mass is 28.4. The van der Waals surface area contributed by atoms with Gasteiger partial charge in [0, 0.05) is 16.8 Å². The van der Waals surface area contributed by atoms with E-state index in [2.05, 4.69) is 141 Å². The second kappa shape index (κ2) is 11.4. The molecular formula is C35H39NOSi. The van der Waals surface area contributed by atoms with E-state index >= 15 is 0 Å². The van der Waals surface area contributed by atoms with E-state index in [1.54, 1.807) is 0 Å². The molecule has 0 radical (unpaired) electrons. The maximum Gasteiger partial charge on any atom is 0.256 e. The van der Waals surface area contributed by atoms with E-state index in [1.165, 1.54) is 46.2 Å². The summed E-state index contributed by atoms with van der Waals surface area (Å²) in [6.45, 7) is 9.29. The third kappa shape index (κ3) is 5.49. The fraction of sp³-hybridized carbons (Fsp3) is 0.257. The molecule has 1 aliphatic rings. The Morgan fingerprint density at radius 3 is 2.24 bits per heavy atom. The molecule has 2 atom stereocenters. The SMILES string of the molecule is CCCCC(Nc1ccccc1)c1ccccc1O[Si](C)(C)C1C(C)=Cc2c(-c3ccccc3)cccc21. The van der Waals surface area contributed by atoms with Crippen LogP contribution in [-0.2, 0) is 0 Å². The van der Waals surface area contributed by atoms with Gasteiger partial charge in [0.2, 0.25) is 0 Å². The van der Waals surface area contributed by atoms with Crippen molar-refractivity contribution in [3.05, 3.63) is 125 Å². The quantitative estimate of drug-likeness (QED) is 0.211. The molecule has 5 rings (SSSR count). The lowest BCUT2D eigenvalue weighted by atomic mass is 9.97. The summed E-state index contributed by atoms with van der Waals surface area (Å²) in [4.78, 5) is 0. The van der Waals surface area contributed by atoms with Gasteiger partial charge in [-0.05, 0) is 66.9 Å². The van der Waals surface area contributed by atoms with Gasteiger partial charge in [-0.2, -0.15) is 0 Å². The van der Waals surface area contributed by atoms with Crippen LogP contribution < -0.4 is 9.74 Å². The van der Waals surface area contributed by atoms with Gasteiger partial charge in [-0.25, -0.2) is 0 Å². The lowest BCUT2D eigenvalue weighted by Gasteiger charge is -2.34. The zero-order chi connectivity index (χ0) is 26.5. The molecule has 0 heterocycles. The smallest absolute Gasteiger partial charge is 0.256 e. The van der Waals surface area contributed by atoms with Crippen LogP contribution >= 0.6 is 0 Å². The van der Waals surface area contributed by atoms with Crippen molar-refractivity contribution in [2.45, 2.75) is 57.8 Å². The van der Waals surface area contributed by atoms with Crippen molar-refractivity contribution in [3.8, 4) is 16.9 Å². The molecule has 0 saturated heterocycles. The summed E-state index contributed by atoms with van der Waals surface area (Å²) in [6, 6.07) is 36.9. The molecule has 0 aromatic heterocycles. The molecule has 4 aromatic rings. The van der Waals surface area contributed by atoms with Crippen molar-refractivity contribution >= 4 is 20.1 Å². The summed E-state index contributed by atoms with van der Waals surface area (Å²) >= 11 is 0. The van der Waals surface area contributed by atoms with Crippen molar-refractivity contribution in [2.24, 2.45) is 0 Å². The highest BCUT2D eigenvalue weighted by molar-refractivity contribution is 6.74. The largest absolute Gasteiger partial charge is 0.543 e. The zero-order valence-electron chi connectivity index (χ0n) is 23.1. The van der Waals surface area contributed by atoms with E-state index in [-0.39, 0.29) is 6.04 Å². The number of benzene rings is 4. The number of anilines is 1. The average molecular weight is 518 g/mol. The Morgan fingerprint density at radius 1 is 0.816 bits per heavy atom. The van der Waals surface area contributed by atoms with Gasteiger partial charge < -0.3 is 9.74 Å². The van der Waals surface area contributed by atoms with Crippen LogP contribution in [0.5, 0.6) is 5.75 Å². The summed E-state index contributed by atoms with van der Waals surface area (Å²) in [5.41, 5.74) is 9.45. The molecule has 2 unspecified atom stereocenters. The molecule has 0 saturated carbocycles. The van der Waals surface area contributed by atoms with Gasteiger partial charge in [0.1, 0.15) is 5.75 Å². The second-order valence-corrected chi connectivity index (χ2v) is 14.9. The van der Waals surface area contributed by atoms with E-state index in [0.717, 1.165) is 17.9 Å². The number of unbranched alkanes of at least 4 members (excludes halogenated alkanes) is 1. The van der Waals surface area contributed by atoms with E-state index in [0.29, 0.717) is 5.54 Å². The lowest BCUT2D eigenvalue weighted by molar-refractivity contribution is 0.517. The maximum absolute atomic E-state index is 7.15. The van der Waals surface area contributed by atoms with Crippen molar-refractivity contribution in [1.29, 1.82) is 0 Å². The summed E-state index contributed by atoms with van der Waals surface area (Å²) in [5.74, 6) is 1.02. The summed E-state index contributed by atoms with van der Waals surface area (Å²) in [5, 5.41) is 3.80. The van der Waals surface area contributed by atoms with Crippen LogP contribution in [0.2, 0.25) is 13.1 Å². The van der Waals surface area contributed by atoms with Gasteiger partial charge in [-0.3, -0.25) is 0 Å². The third-order valence-electron chi connectivity index (χ3n) is 7.69. The Labute approximate surface area is 229 Å². The number of fused-ring (bicyclic) bond motifs is 1. The van der Waals surface area contributed by atoms with Gasteiger partial charge in [-0.1, -0.05) is 116 Å². The predicted octanol–water partition coefficient (Wildman–Crippen LogP) is 10.0. The Hall–Kier alpha value is -3.56. The van der Waals surface area contributed by atoms with E-state index in [9.17, 15) is 0 Å². The highest BCUT2D eigenvalue weighted by Crippen LogP contribution is 2.46. The monoisotopic (exact) mass is 517 g/mol. The van der Waals surface area contributed by atoms with Gasteiger partial charge in [0.15, 0.2) is 0 Å². The van der Waals surface area contributed by atoms with Crippen LogP contribution in [0.25, 0.3) is 17.2 Å². The first-order chi connectivity index (χ1) is 18.5. The fourth-order valence-corrected chi connectivity index (χ4v) is 9.05. The highest BCUT2D eigenvalue weighted by Gasteiger charge is 2.42. The Kier molecular flexibility index (Phi) is 7.85. The number of rotatable bonds is 10. The van der Waals surface area contributed by atoms with Crippen molar-refractivity contribution in [2.75, 3.05) is 5.32 Å². The molecule has 194 valence electrons. The zero-order valence-corrected chi connectivity index (χ0v) is 24.1. The molecule has 3 heteroatoms. The molecule has 0 aliphatic heterocycles. The second-order valence-electron chi connectivity index (χ2n) is 10.9. The van der Waals surface area contributed by atoms with Gasteiger partial charge >= 0.3 is 0 Å². The predicted molar refractivity (Wildman–Crippen MR) is 165 cm³/mol. The topological polar surface area (TPSA) is 21.3 Å². The molecular weight excluding hydrogens is 478 g/mol. The van der Waals surface area contributed by atoms with Crippen molar-refractivity contribution < 1.29 is 4.43 Å². The maximum atomic E-state index is 7.15.